The van der Waals surface area contributed by atoms with Crippen molar-refractivity contribution in [1.82, 2.24) is 0 Å². The van der Waals surface area contributed by atoms with Gasteiger partial charge in [-0.25, -0.2) is 0 Å². The summed E-state index contributed by atoms with van der Waals surface area (Å²) in [7, 11) is 9.33. The van der Waals surface area contributed by atoms with Gasteiger partial charge in [-0.2, -0.15) is 0 Å². The Morgan fingerprint density at radius 1 is 0.638 bits per heavy atom. The zero-order valence-electron chi connectivity index (χ0n) is 26.9. The fraction of sp³-hybridized carbons (Fsp3) is 0.333. The molecule has 0 saturated heterocycles. The van der Waals surface area contributed by atoms with E-state index in [9.17, 15) is 10.2 Å². The van der Waals surface area contributed by atoms with Gasteiger partial charge in [-0.15, -0.1) is 0 Å². The maximum absolute atomic E-state index is 12.5. The molecule has 0 amide bonds. The Balaban J connectivity index is 1.48. The monoisotopic (exact) mass is 644 g/mol. The highest BCUT2D eigenvalue weighted by Crippen LogP contribution is 2.62. The molecule has 1 unspecified atom stereocenters. The highest BCUT2D eigenvalue weighted by atomic mass is 16.7. The van der Waals surface area contributed by atoms with Crippen molar-refractivity contribution in [1.29, 1.82) is 0 Å². The molecule has 246 valence electrons. The standard InChI is InChI=1S/C36H36O11/c1-39-20-10-7-18(8-11-20)33-23(37)16-22-25(42-4)17-29-31(34(22)45-33)32-30-27(44-6)14-21(40-2)15-28(30)46-36(47-29,35(32)38)19-9-12-24(41-3)26(13-19)43-5/h7-15,17,23,32-33,35,37-38H,16H2,1-6H3/t23-,32?,33+,35+,36-/m0/s1. The van der Waals surface area contributed by atoms with E-state index in [-0.39, 0.29) is 6.42 Å². The van der Waals surface area contributed by atoms with Crippen LogP contribution in [0.1, 0.15) is 39.8 Å². The lowest BCUT2D eigenvalue weighted by molar-refractivity contribution is -0.219. The average molecular weight is 645 g/mol. The van der Waals surface area contributed by atoms with Gasteiger partial charge in [0.15, 0.2) is 11.5 Å². The highest BCUT2D eigenvalue weighted by molar-refractivity contribution is 5.68. The van der Waals surface area contributed by atoms with Gasteiger partial charge in [0, 0.05) is 46.9 Å². The van der Waals surface area contributed by atoms with Crippen LogP contribution >= 0.6 is 0 Å². The summed E-state index contributed by atoms with van der Waals surface area (Å²) in [6.07, 6.45) is -2.69. The topological polar surface area (TPSA) is 124 Å². The Hall–Kier alpha value is -5.00. The van der Waals surface area contributed by atoms with Gasteiger partial charge >= 0.3 is 5.79 Å². The third-order valence-electron chi connectivity index (χ3n) is 9.19. The molecule has 0 radical (unpaired) electrons. The minimum atomic E-state index is -1.75. The number of ether oxygens (including phenoxy) is 9. The van der Waals surface area contributed by atoms with Crippen LogP contribution in [0.15, 0.2) is 60.7 Å². The fourth-order valence-corrected chi connectivity index (χ4v) is 6.91. The van der Waals surface area contributed by atoms with Gasteiger partial charge < -0.3 is 52.8 Å². The summed E-state index contributed by atoms with van der Waals surface area (Å²) in [5.74, 6) is 1.71. The third kappa shape index (κ3) is 4.63. The lowest BCUT2D eigenvalue weighted by Gasteiger charge is -2.50. The van der Waals surface area contributed by atoms with E-state index in [4.69, 9.17) is 42.6 Å². The molecule has 5 atom stereocenters. The van der Waals surface area contributed by atoms with E-state index < -0.39 is 30.0 Å². The van der Waals surface area contributed by atoms with Gasteiger partial charge in [0.05, 0.1) is 54.7 Å². The van der Waals surface area contributed by atoms with Crippen LogP contribution in [0.25, 0.3) is 0 Å². The second-order valence-electron chi connectivity index (χ2n) is 11.5. The summed E-state index contributed by atoms with van der Waals surface area (Å²) in [5.41, 5.74) is 3.05. The predicted octanol–water partition coefficient (Wildman–Crippen LogP) is 4.91. The normalized spacial score (nSPS) is 23.4. The third-order valence-corrected chi connectivity index (χ3v) is 9.19. The highest BCUT2D eigenvalue weighted by Gasteiger charge is 2.60. The van der Waals surface area contributed by atoms with E-state index in [2.05, 4.69) is 0 Å². The molecule has 0 aromatic heterocycles. The lowest BCUT2D eigenvalue weighted by Crippen LogP contribution is -2.57. The minimum Gasteiger partial charge on any atom is -0.497 e. The van der Waals surface area contributed by atoms with Crippen LogP contribution in [0.5, 0.6) is 51.7 Å². The van der Waals surface area contributed by atoms with Crippen LogP contribution < -0.4 is 42.6 Å². The lowest BCUT2D eigenvalue weighted by atomic mass is 9.74. The van der Waals surface area contributed by atoms with Crippen molar-refractivity contribution < 1.29 is 52.8 Å². The Morgan fingerprint density at radius 2 is 1.30 bits per heavy atom. The van der Waals surface area contributed by atoms with E-state index in [1.807, 2.05) is 24.3 Å². The molecule has 2 bridgehead atoms. The molecule has 3 heterocycles. The molecule has 47 heavy (non-hydrogen) atoms. The summed E-state index contributed by atoms with van der Waals surface area (Å²) in [4.78, 5) is 0. The quantitative estimate of drug-likeness (QED) is 0.272. The number of aliphatic hydroxyl groups excluding tert-OH is 2. The largest absolute Gasteiger partial charge is 0.497 e. The van der Waals surface area contributed by atoms with E-state index in [1.54, 1.807) is 71.9 Å². The van der Waals surface area contributed by atoms with Crippen LogP contribution in [0.3, 0.4) is 0 Å². The molecular weight excluding hydrogens is 608 g/mol. The average Bonchev–Trinajstić information content (AvgIpc) is 3.10. The maximum Gasteiger partial charge on any atom is 0.305 e. The van der Waals surface area contributed by atoms with Gasteiger partial charge in [0.25, 0.3) is 0 Å². The van der Waals surface area contributed by atoms with Crippen molar-refractivity contribution in [2.45, 2.75) is 36.4 Å². The molecule has 7 rings (SSSR count). The summed E-state index contributed by atoms with van der Waals surface area (Å²) in [6, 6.07) is 17.8. The first-order chi connectivity index (χ1) is 22.8. The Labute approximate surface area is 272 Å². The fourth-order valence-electron chi connectivity index (χ4n) is 6.91. The summed E-state index contributed by atoms with van der Waals surface area (Å²) >= 11 is 0. The van der Waals surface area contributed by atoms with Crippen LogP contribution in [0.4, 0.5) is 0 Å². The van der Waals surface area contributed by atoms with Crippen LogP contribution in [-0.4, -0.2) is 65.1 Å². The molecular formula is C36H36O11. The van der Waals surface area contributed by atoms with Crippen LogP contribution in [-0.2, 0) is 12.2 Å². The maximum atomic E-state index is 12.5. The van der Waals surface area contributed by atoms with Gasteiger partial charge in [-0.1, -0.05) is 12.1 Å². The minimum absolute atomic E-state index is 0.231. The van der Waals surface area contributed by atoms with Crippen LogP contribution in [0, 0.1) is 0 Å². The summed E-state index contributed by atoms with van der Waals surface area (Å²) in [6.45, 7) is 0. The van der Waals surface area contributed by atoms with Gasteiger partial charge in [-0.05, 0) is 35.9 Å². The predicted molar refractivity (Wildman–Crippen MR) is 169 cm³/mol. The molecule has 0 saturated carbocycles. The van der Waals surface area contributed by atoms with Crippen molar-refractivity contribution in [3.05, 3.63) is 88.5 Å². The SMILES string of the molecule is COc1ccc([C@H]2Oc3c(c(OC)cc4c3C3c5c(OC)cc(OC)cc5O[C@@](c5ccc(OC)c(OC)c5)(O4)[C@@H]3O)C[C@@H]2O)cc1. The molecule has 3 aliphatic rings. The number of fused-ring (bicyclic) bond motifs is 8. The zero-order chi connectivity index (χ0) is 33.0. The smallest absolute Gasteiger partial charge is 0.305 e. The van der Waals surface area contributed by atoms with E-state index in [0.717, 1.165) is 5.56 Å². The molecule has 3 aliphatic heterocycles. The van der Waals surface area contributed by atoms with Crippen LogP contribution in [0.2, 0.25) is 0 Å². The van der Waals surface area contributed by atoms with Crippen molar-refractivity contribution in [3.63, 3.8) is 0 Å². The molecule has 0 fully saturated rings. The number of methoxy groups -OCH3 is 6. The summed E-state index contributed by atoms with van der Waals surface area (Å²) in [5, 5.41) is 23.8. The molecule has 4 aromatic rings. The second kappa shape index (κ2) is 11.7. The van der Waals surface area contributed by atoms with Crippen molar-refractivity contribution in [3.8, 4) is 51.7 Å². The molecule has 2 N–H and O–H groups in total. The number of aliphatic hydroxyl groups is 2. The second-order valence-corrected chi connectivity index (χ2v) is 11.5. The van der Waals surface area contributed by atoms with Gasteiger partial charge in [0.1, 0.15) is 52.5 Å². The number of benzene rings is 4. The van der Waals surface area contributed by atoms with Gasteiger partial charge in [0.2, 0.25) is 0 Å². The van der Waals surface area contributed by atoms with E-state index >= 15 is 0 Å². The Bertz CT molecular complexity index is 1820. The first-order valence-electron chi connectivity index (χ1n) is 15.1. The first-order valence-corrected chi connectivity index (χ1v) is 15.1. The van der Waals surface area contributed by atoms with Crippen molar-refractivity contribution in [2.24, 2.45) is 0 Å². The molecule has 4 aromatic carbocycles. The van der Waals surface area contributed by atoms with Crippen molar-refractivity contribution >= 4 is 0 Å². The van der Waals surface area contributed by atoms with E-state index in [1.165, 1.54) is 7.11 Å². The zero-order valence-corrected chi connectivity index (χ0v) is 26.9. The molecule has 0 spiro atoms. The molecule has 11 heteroatoms. The first kappa shape index (κ1) is 30.6. The molecule has 11 nitrogen and oxygen atoms in total. The van der Waals surface area contributed by atoms with Gasteiger partial charge in [-0.3, -0.25) is 0 Å². The van der Waals surface area contributed by atoms with Crippen molar-refractivity contribution in [2.75, 3.05) is 42.7 Å². The Morgan fingerprint density at radius 3 is 1.94 bits per heavy atom. The van der Waals surface area contributed by atoms with E-state index in [0.29, 0.717) is 74.0 Å². The number of rotatable bonds is 8. The Kier molecular flexibility index (Phi) is 7.60. The molecule has 0 aliphatic carbocycles. The summed E-state index contributed by atoms with van der Waals surface area (Å²) < 4.78 is 53.9. The number of hydrogen-bond acceptors (Lipinski definition) is 11. The number of hydrogen-bond donors (Lipinski definition) is 2.